The number of rotatable bonds is 4. The SMILES string of the molecule is COc1cc(C)ccc1OCc1cc(C)n(C)n1. The van der Waals surface area contributed by atoms with E-state index in [4.69, 9.17) is 9.47 Å². The van der Waals surface area contributed by atoms with Crippen molar-refractivity contribution in [1.82, 2.24) is 9.78 Å². The third-order valence-corrected chi connectivity index (χ3v) is 2.86. The molecule has 0 bridgehead atoms. The van der Waals surface area contributed by atoms with Crippen molar-refractivity contribution >= 4 is 0 Å². The minimum atomic E-state index is 0.446. The van der Waals surface area contributed by atoms with E-state index in [0.29, 0.717) is 6.61 Å². The minimum Gasteiger partial charge on any atom is -0.493 e. The van der Waals surface area contributed by atoms with Gasteiger partial charge in [0, 0.05) is 12.7 Å². The van der Waals surface area contributed by atoms with E-state index >= 15 is 0 Å². The normalized spacial score (nSPS) is 10.4. The van der Waals surface area contributed by atoms with Gasteiger partial charge in [-0.05, 0) is 37.6 Å². The molecule has 2 aromatic rings. The molecule has 1 aromatic heterocycles. The molecule has 4 heteroatoms. The van der Waals surface area contributed by atoms with Gasteiger partial charge in [0.25, 0.3) is 0 Å². The van der Waals surface area contributed by atoms with Gasteiger partial charge >= 0.3 is 0 Å². The van der Waals surface area contributed by atoms with Crippen LogP contribution in [0.1, 0.15) is 17.0 Å². The van der Waals surface area contributed by atoms with Crippen LogP contribution in [0.5, 0.6) is 11.5 Å². The lowest BCUT2D eigenvalue weighted by atomic mass is 10.2. The molecule has 0 unspecified atom stereocenters. The van der Waals surface area contributed by atoms with Crippen molar-refractivity contribution < 1.29 is 9.47 Å². The summed E-state index contributed by atoms with van der Waals surface area (Å²) in [5.41, 5.74) is 3.18. The van der Waals surface area contributed by atoms with Crippen LogP contribution in [0.25, 0.3) is 0 Å². The van der Waals surface area contributed by atoms with Gasteiger partial charge in [0.15, 0.2) is 11.5 Å². The van der Waals surface area contributed by atoms with Crippen LogP contribution in [0.15, 0.2) is 24.3 Å². The van der Waals surface area contributed by atoms with Crippen molar-refractivity contribution in [3.8, 4) is 11.5 Å². The summed E-state index contributed by atoms with van der Waals surface area (Å²) < 4.78 is 12.9. The largest absolute Gasteiger partial charge is 0.493 e. The Bertz CT molecular complexity index is 527. The fraction of sp³-hybridized carbons (Fsp3) is 0.357. The van der Waals surface area contributed by atoms with Crippen molar-refractivity contribution in [3.05, 3.63) is 41.2 Å². The van der Waals surface area contributed by atoms with E-state index in [1.165, 1.54) is 0 Å². The predicted molar refractivity (Wildman–Crippen MR) is 70.0 cm³/mol. The Balaban J connectivity index is 2.10. The van der Waals surface area contributed by atoms with Crippen molar-refractivity contribution in [1.29, 1.82) is 0 Å². The number of aryl methyl sites for hydroxylation is 3. The third kappa shape index (κ3) is 2.64. The van der Waals surface area contributed by atoms with Gasteiger partial charge in [-0.15, -0.1) is 0 Å². The zero-order valence-corrected chi connectivity index (χ0v) is 11.2. The summed E-state index contributed by atoms with van der Waals surface area (Å²) in [4.78, 5) is 0. The molecule has 0 saturated carbocycles. The number of benzene rings is 1. The Morgan fingerprint density at radius 2 is 1.94 bits per heavy atom. The summed E-state index contributed by atoms with van der Waals surface area (Å²) in [6.07, 6.45) is 0. The molecular formula is C14H18N2O2. The fourth-order valence-electron chi connectivity index (χ4n) is 1.75. The van der Waals surface area contributed by atoms with Crippen LogP contribution in [-0.4, -0.2) is 16.9 Å². The Morgan fingerprint density at radius 3 is 2.56 bits per heavy atom. The molecule has 1 aromatic carbocycles. The Hall–Kier alpha value is -1.97. The maximum Gasteiger partial charge on any atom is 0.161 e. The summed E-state index contributed by atoms with van der Waals surface area (Å²) in [5.74, 6) is 1.49. The van der Waals surface area contributed by atoms with E-state index in [1.807, 2.05) is 49.8 Å². The zero-order valence-electron chi connectivity index (χ0n) is 11.2. The van der Waals surface area contributed by atoms with E-state index in [0.717, 1.165) is 28.5 Å². The van der Waals surface area contributed by atoms with Gasteiger partial charge in [-0.25, -0.2) is 0 Å². The van der Waals surface area contributed by atoms with Crippen LogP contribution in [0.2, 0.25) is 0 Å². The van der Waals surface area contributed by atoms with Gasteiger partial charge in [-0.2, -0.15) is 5.10 Å². The quantitative estimate of drug-likeness (QED) is 0.832. The first kappa shape index (κ1) is 12.5. The topological polar surface area (TPSA) is 36.3 Å². The molecule has 0 aliphatic heterocycles. The second-order valence-corrected chi connectivity index (χ2v) is 4.34. The molecule has 0 saturated heterocycles. The van der Waals surface area contributed by atoms with Crippen LogP contribution in [0, 0.1) is 13.8 Å². The molecule has 96 valence electrons. The van der Waals surface area contributed by atoms with E-state index in [9.17, 15) is 0 Å². The van der Waals surface area contributed by atoms with Crippen LogP contribution < -0.4 is 9.47 Å². The predicted octanol–water partition coefficient (Wildman–Crippen LogP) is 2.62. The highest BCUT2D eigenvalue weighted by Crippen LogP contribution is 2.28. The van der Waals surface area contributed by atoms with Crippen LogP contribution in [-0.2, 0) is 13.7 Å². The minimum absolute atomic E-state index is 0.446. The monoisotopic (exact) mass is 246 g/mol. The average Bonchev–Trinajstić information content (AvgIpc) is 2.67. The smallest absolute Gasteiger partial charge is 0.161 e. The molecule has 0 fully saturated rings. The van der Waals surface area contributed by atoms with E-state index in [-0.39, 0.29) is 0 Å². The third-order valence-electron chi connectivity index (χ3n) is 2.86. The number of aromatic nitrogens is 2. The second kappa shape index (κ2) is 5.12. The molecule has 0 aliphatic rings. The molecular weight excluding hydrogens is 228 g/mol. The fourth-order valence-corrected chi connectivity index (χ4v) is 1.75. The van der Waals surface area contributed by atoms with Gasteiger partial charge in [0.2, 0.25) is 0 Å². The first-order chi connectivity index (χ1) is 8.60. The van der Waals surface area contributed by atoms with Crippen molar-refractivity contribution in [2.45, 2.75) is 20.5 Å². The number of nitrogens with zero attached hydrogens (tertiary/aromatic N) is 2. The van der Waals surface area contributed by atoms with Gasteiger partial charge in [-0.3, -0.25) is 4.68 Å². The molecule has 2 rings (SSSR count). The van der Waals surface area contributed by atoms with Crippen molar-refractivity contribution in [2.75, 3.05) is 7.11 Å². The zero-order chi connectivity index (χ0) is 13.1. The Morgan fingerprint density at radius 1 is 1.17 bits per heavy atom. The number of methoxy groups -OCH3 is 1. The maximum atomic E-state index is 5.74. The van der Waals surface area contributed by atoms with E-state index in [1.54, 1.807) is 7.11 Å². The molecule has 0 radical (unpaired) electrons. The number of hydrogen-bond acceptors (Lipinski definition) is 3. The summed E-state index contributed by atoms with van der Waals surface area (Å²) in [5, 5.41) is 4.35. The molecule has 0 aliphatic carbocycles. The lowest BCUT2D eigenvalue weighted by Crippen LogP contribution is -2.00. The molecule has 4 nitrogen and oxygen atoms in total. The van der Waals surface area contributed by atoms with Gasteiger partial charge < -0.3 is 9.47 Å². The summed E-state index contributed by atoms with van der Waals surface area (Å²) >= 11 is 0. The highest BCUT2D eigenvalue weighted by Gasteiger charge is 2.06. The van der Waals surface area contributed by atoms with Crippen LogP contribution in [0.3, 0.4) is 0 Å². The highest BCUT2D eigenvalue weighted by molar-refractivity contribution is 5.42. The first-order valence-electron chi connectivity index (χ1n) is 5.87. The maximum absolute atomic E-state index is 5.74. The highest BCUT2D eigenvalue weighted by atomic mass is 16.5. The van der Waals surface area contributed by atoms with Gasteiger partial charge in [0.1, 0.15) is 12.3 Å². The van der Waals surface area contributed by atoms with Crippen molar-refractivity contribution in [3.63, 3.8) is 0 Å². The Kier molecular flexibility index (Phi) is 3.55. The second-order valence-electron chi connectivity index (χ2n) is 4.34. The molecule has 0 spiro atoms. The van der Waals surface area contributed by atoms with Crippen LogP contribution >= 0.6 is 0 Å². The molecule has 0 N–H and O–H groups in total. The standard InChI is InChI=1S/C14H18N2O2/c1-10-5-6-13(14(7-10)17-4)18-9-12-8-11(2)16(3)15-12/h5-8H,9H2,1-4H3. The van der Waals surface area contributed by atoms with E-state index in [2.05, 4.69) is 5.10 Å². The van der Waals surface area contributed by atoms with E-state index < -0.39 is 0 Å². The molecule has 0 atom stereocenters. The average molecular weight is 246 g/mol. The molecule has 0 amide bonds. The summed E-state index contributed by atoms with van der Waals surface area (Å²) in [7, 11) is 3.57. The first-order valence-corrected chi connectivity index (χ1v) is 5.87. The van der Waals surface area contributed by atoms with Gasteiger partial charge in [0.05, 0.1) is 7.11 Å². The molecule has 1 heterocycles. The van der Waals surface area contributed by atoms with Crippen LogP contribution in [0.4, 0.5) is 0 Å². The summed E-state index contributed by atoms with van der Waals surface area (Å²) in [6, 6.07) is 7.89. The number of hydrogen-bond donors (Lipinski definition) is 0. The van der Waals surface area contributed by atoms with Gasteiger partial charge in [-0.1, -0.05) is 6.07 Å². The lowest BCUT2D eigenvalue weighted by Gasteiger charge is -2.10. The Labute approximate surface area is 107 Å². The van der Waals surface area contributed by atoms with Crippen molar-refractivity contribution in [2.24, 2.45) is 7.05 Å². The number of ether oxygens (including phenoxy) is 2. The summed E-state index contributed by atoms with van der Waals surface area (Å²) in [6.45, 7) is 4.48. The lowest BCUT2D eigenvalue weighted by molar-refractivity contribution is 0.279. The molecule has 18 heavy (non-hydrogen) atoms.